The molecule has 0 atom stereocenters. The molecule has 0 amide bonds. The Hall–Kier alpha value is -1.60. The van der Waals surface area contributed by atoms with E-state index in [0.29, 0.717) is 37.1 Å². The zero-order valence-electron chi connectivity index (χ0n) is 22.3. The van der Waals surface area contributed by atoms with Crippen molar-refractivity contribution in [3.05, 3.63) is 35.8 Å². The second-order valence-electron chi connectivity index (χ2n) is 7.26. The Bertz CT molecular complexity index is 520. The number of methoxy groups -OCH3 is 1. The van der Waals surface area contributed by atoms with Crippen LogP contribution in [0.25, 0.3) is 0 Å². The molecule has 0 unspecified atom stereocenters. The van der Waals surface area contributed by atoms with Crippen molar-refractivity contribution < 1.29 is 28.0 Å². The van der Waals surface area contributed by atoms with Gasteiger partial charge in [-0.3, -0.25) is 4.79 Å². The molecule has 7 heteroatoms. The molecule has 0 fully saturated rings. The third-order valence-electron chi connectivity index (χ3n) is 3.31. The van der Waals surface area contributed by atoms with E-state index in [2.05, 4.69) is 20.4 Å². The van der Waals surface area contributed by atoms with Crippen LogP contribution >= 0.6 is 0 Å². The summed E-state index contributed by atoms with van der Waals surface area (Å²) < 4.78 is 35.4. The van der Waals surface area contributed by atoms with Crippen molar-refractivity contribution in [1.82, 2.24) is 0 Å². The summed E-state index contributed by atoms with van der Waals surface area (Å²) in [6.45, 7) is 21.3. The minimum atomic E-state index is -0.694. The van der Waals surface area contributed by atoms with Crippen LogP contribution < -0.4 is 0 Å². The quantitative estimate of drug-likeness (QED) is 0.0894. The topological polar surface area (TPSA) is 54.0 Å². The Balaban J connectivity index is -0.00000154. The van der Waals surface area contributed by atoms with Crippen molar-refractivity contribution in [1.29, 1.82) is 0 Å². The summed E-state index contributed by atoms with van der Waals surface area (Å²) in [7, 11) is 0.845. The summed E-state index contributed by atoms with van der Waals surface area (Å²) in [6, 6.07) is 0. The Morgan fingerprint density at radius 1 is 1.03 bits per heavy atom. The summed E-state index contributed by atoms with van der Waals surface area (Å²) in [6.07, 6.45) is 6.18. The third kappa shape index (κ3) is 21.6. The van der Waals surface area contributed by atoms with E-state index in [-0.39, 0.29) is 24.6 Å². The number of allylic oxidation sites excluding steroid dienone is 4. The van der Waals surface area contributed by atoms with Gasteiger partial charge in [-0.05, 0) is 53.5 Å². The minimum Gasteiger partial charge on any atom is -0.497 e. The molecule has 0 N–H and O–H groups in total. The normalized spacial score (nSPS) is 11.3. The highest BCUT2D eigenvalue weighted by Gasteiger charge is 2.30. The molecule has 0 aromatic rings. The van der Waals surface area contributed by atoms with Crippen molar-refractivity contribution in [2.45, 2.75) is 107 Å². The first-order valence-electron chi connectivity index (χ1n) is 11.9. The lowest BCUT2D eigenvalue weighted by Crippen LogP contribution is -2.33. The van der Waals surface area contributed by atoms with Gasteiger partial charge in [-0.2, -0.15) is 0 Å². The van der Waals surface area contributed by atoms with Gasteiger partial charge in [-0.15, -0.1) is 0 Å². The largest absolute Gasteiger partial charge is 0.497 e. The molecule has 0 heterocycles. The van der Waals surface area contributed by atoms with Gasteiger partial charge >= 0.3 is 13.1 Å². The molecule has 0 bridgehead atoms. The van der Waals surface area contributed by atoms with Crippen molar-refractivity contribution >= 4 is 13.1 Å². The van der Waals surface area contributed by atoms with Gasteiger partial charge in [0.2, 0.25) is 0 Å². The fourth-order valence-electron chi connectivity index (χ4n) is 2.24. The van der Waals surface area contributed by atoms with E-state index in [1.54, 1.807) is 13.0 Å². The molecule has 0 aliphatic carbocycles. The van der Waals surface area contributed by atoms with Gasteiger partial charge in [0.25, 0.3) is 0 Å². The van der Waals surface area contributed by atoms with Crippen LogP contribution in [0, 0.1) is 0 Å². The molecule has 0 saturated heterocycles. The second kappa shape index (κ2) is 24.1. The van der Waals surface area contributed by atoms with Gasteiger partial charge < -0.3 is 18.8 Å². The summed E-state index contributed by atoms with van der Waals surface area (Å²) in [5.74, 6) is -0.150. The molecule has 0 aliphatic heterocycles. The van der Waals surface area contributed by atoms with Crippen LogP contribution in [0.5, 0.6) is 0 Å². The molecule has 0 aromatic heterocycles. The van der Waals surface area contributed by atoms with E-state index in [1.807, 2.05) is 47.6 Å². The van der Waals surface area contributed by atoms with E-state index >= 15 is 0 Å². The SMILES string of the molecule is C=C(F)CC=C(B(OC(C)C)OC(C)C)/C(=C/CCCC(=O)OCC)OC.CC.CCC. The average Bonchev–Trinajstić information content (AvgIpc) is 2.70. The molecule has 0 rings (SSSR count). The molecule has 0 saturated carbocycles. The van der Waals surface area contributed by atoms with Gasteiger partial charge in [0, 0.05) is 30.5 Å². The minimum absolute atomic E-state index is 0.0400. The van der Waals surface area contributed by atoms with Crippen LogP contribution in [0.2, 0.25) is 0 Å². The number of hydrogen-bond donors (Lipinski definition) is 0. The van der Waals surface area contributed by atoms with E-state index in [4.69, 9.17) is 18.8 Å². The van der Waals surface area contributed by atoms with Crippen molar-refractivity contribution in [2.75, 3.05) is 13.7 Å². The number of halogens is 1. The predicted molar refractivity (Wildman–Crippen MR) is 134 cm³/mol. The van der Waals surface area contributed by atoms with Crippen molar-refractivity contribution in [3.8, 4) is 0 Å². The van der Waals surface area contributed by atoms with Gasteiger partial charge in [-0.25, -0.2) is 4.39 Å². The van der Waals surface area contributed by atoms with Gasteiger partial charge in [0.05, 0.1) is 19.5 Å². The van der Waals surface area contributed by atoms with Gasteiger partial charge in [-0.1, -0.05) is 46.8 Å². The first kappa shape index (κ1) is 35.0. The highest BCUT2D eigenvalue weighted by molar-refractivity contribution is 6.55. The molecule has 0 radical (unpaired) electrons. The average molecular weight is 458 g/mol. The molecule has 5 nitrogen and oxygen atoms in total. The molecular weight excluding hydrogens is 410 g/mol. The van der Waals surface area contributed by atoms with Gasteiger partial charge in [0.1, 0.15) is 5.76 Å². The lowest BCUT2D eigenvalue weighted by Gasteiger charge is -2.23. The van der Waals surface area contributed by atoms with Crippen LogP contribution in [0.3, 0.4) is 0 Å². The van der Waals surface area contributed by atoms with E-state index in [0.717, 1.165) is 0 Å². The first-order chi connectivity index (χ1) is 15.1. The zero-order valence-corrected chi connectivity index (χ0v) is 22.3. The highest BCUT2D eigenvalue weighted by Crippen LogP contribution is 2.22. The second-order valence-corrected chi connectivity index (χ2v) is 7.26. The van der Waals surface area contributed by atoms with E-state index in [9.17, 15) is 9.18 Å². The maximum Gasteiger partial charge on any atom is 0.497 e. The predicted octanol–water partition coefficient (Wildman–Crippen LogP) is 7.37. The fraction of sp³-hybridized carbons (Fsp3) is 0.720. The number of carbonyl (C=O) groups excluding carboxylic acids is 1. The first-order valence-corrected chi connectivity index (χ1v) is 11.9. The van der Waals surface area contributed by atoms with Crippen LogP contribution in [0.4, 0.5) is 4.39 Å². The Morgan fingerprint density at radius 3 is 1.91 bits per heavy atom. The number of carbonyl (C=O) groups is 1. The molecule has 0 aromatic carbocycles. The van der Waals surface area contributed by atoms with E-state index in [1.165, 1.54) is 13.5 Å². The highest BCUT2D eigenvalue weighted by atomic mass is 19.1. The smallest absolute Gasteiger partial charge is 0.497 e. The molecule has 0 aliphatic rings. The van der Waals surface area contributed by atoms with Crippen LogP contribution in [0.15, 0.2) is 35.8 Å². The lowest BCUT2D eigenvalue weighted by molar-refractivity contribution is -0.143. The number of esters is 1. The lowest BCUT2D eigenvalue weighted by atomic mass is 9.74. The van der Waals surface area contributed by atoms with Gasteiger partial charge in [0.15, 0.2) is 0 Å². The Labute approximate surface area is 197 Å². The van der Waals surface area contributed by atoms with Crippen LogP contribution in [0.1, 0.15) is 94.4 Å². The maximum absolute atomic E-state index is 13.3. The summed E-state index contributed by atoms with van der Waals surface area (Å²) in [4.78, 5) is 11.4. The molecule has 0 spiro atoms. The number of unbranched alkanes of at least 4 members (excludes halogenated alkanes) is 1. The monoisotopic (exact) mass is 458 g/mol. The van der Waals surface area contributed by atoms with Crippen LogP contribution in [-0.2, 0) is 23.6 Å². The summed E-state index contributed by atoms with van der Waals surface area (Å²) in [5, 5.41) is 0. The third-order valence-corrected chi connectivity index (χ3v) is 3.31. The Morgan fingerprint density at radius 2 is 1.53 bits per heavy atom. The van der Waals surface area contributed by atoms with Crippen molar-refractivity contribution in [3.63, 3.8) is 0 Å². The Kier molecular flexibility index (Phi) is 26.3. The fourth-order valence-corrected chi connectivity index (χ4v) is 2.24. The zero-order chi connectivity index (χ0) is 25.5. The number of ether oxygens (including phenoxy) is 2. The molecule has 188 valence electrons. The van der Waals surface area contributed by atoms with Crippen molar-refractivity contribution in [2.24, 2.45) is 0 Å². The summed E-state index contributed by atoms with van der Waals surface area (Å²) >= 11 is 0. The standard InChI is InChI=1S/C20H34BFO5.C3H8.C2H6/c1-8-25-20(23)12-10-9-11-19(24-7)18(14-13-17(6)22)21(26-15(2)3)27-16(4)5;1-3-2;1-2/h11,14-16H,6,8-10,12-13H2,1-5,7H3;3H2,1-2H3;1-2H3/b18-14?,19-11-;;. The van der Waals surface area contributed by atoms with Crippen LogP contribution in [-0.4, -0.2) is 39.0 Å². The maximum atomic E-state index is 13.3. The molecular formula is C25H48BFO5. The number of rotatable bonds is 14. The molecule has 32 heavy (non-hydrogen) atoms. The number of hydrogen-bond acceptors (Lipinski definition) is 5. The summed E-state index contributed by atoms with van der Waals surface area (Å²) in [5.41, 5.74) is 0.606. The van der Waals surface area contributed by atoms with E-state index < -0.39 is 12.9 Å².